The second kappa shape index (κ2) is 7.71. The number of carbonyl (C=O) groups is 1. The molecule has 3 heterocycles. The Morgan fingerprint density at radius 2 is 1.79 bits per heavy atom. The zero-order valence-corrected chi connectivity index (χ0v) is 17.0. The van der Waals surface area contributed by atoms with Crippen LogP contribution in [0, 0.1) is 0 Å². The van der Waals surface area contributed by atoms with E-state index in [1.807, 2.05) is 29.2 Å². The van der Waals surface area contributed by atoms with E-state index in [1.54, 1.807) is 31.0 Å². The average Bonchev–Trinajstić information content (AvgIpc) is 3.16. The molecule has 1 aliphatic heterocycles. The molecule has 3 aromatic rings. The Morgan fingerprint density at radius 1 is 1.07 bits per heavy atom. The van der Waals surface area contributed by atoms with Gasteiger partial charge in [-0.1, -0.05) is 0 Å². The van der Waals surface area contributed by atoms with Gasteiger partial charge in [-0.2, -0.15) is 5.10 Å². The van der Waals surface area contributed by atoms with Crippen molar-refractivity contribution in [1.82, 2.24) is 24.8 Å². The number of nitrogens with one attached hydrogen (secondary N) is 1. The summed E-state index contributed by atoms with van der Waals surface area (Å²) in [6.07, 6.45) is 1.71. The minimum Gasteiger partial charge on any atom is -0.493 e. The molecule has 0 spiro atoms. The van der Waals surface area contributed by atoms with Crippen molar-refractivity contribution in [2.45, 2.75) is 25.9 Å². The zero-order valence-electron chi connectivity index (χ0n) is 17.0. The van der Waals surface area contributed by atoms with Crippen LogP contribution in [0.1, 0.15) is 24.3 Å². The van der Waals surface area contributed by atoms with Crippen LogP contribution in [-0.2, 0) is 0 Å². The van der Waals surface area contributed by atoms with Crippen molar-refractivity contribution in [2.24, 2.45) is 0 Å². The molecule has 2 aromatic heterocycles. The van der Waals surface area contributed by atoms with Gasteiger partial charge < -0.3 is 19.7 Å². The van der Waals surface area contributed by atoms with Crippen LogP contribution in [-0.4, -0.2) is 64.8 Å². The number of carbonyl (C=O) groups excluding carboxylic acids is 1. The predicted molar refractivity (Wildman–Crippen MR) is 109 cm³/mol. The lowest BCUT2D eigenvalue weighted by Crippen LogP contribution is -2.55. The fourth-order valence-corrected chi connectivity index (χ4v) is 3.87. The quantitative estimate of drug-likeness (QED) is 0.730. The first kappa shape index (κ1) is 19.2. The number of ether oxygens (including phenoxy) is 2. The fourth-order valence-electron chi connectivity index (χ4n) is 3.87. The van der Waals surface area contributed by atoms with Gasteiger partial charge in [0.15, 0.2) is 22.8 Å². The van der Waals surface area contributed by atoms with Crippen LogP contribution < -0.4 is 14.8 Å². The highest BCUT2D eigenvalue weighted by atomic mass is 16.5. The van der Waals surface area contributed by atoms with Crippen LogP contribution in [0.5, 0.6) is 11.5 Å². The van der Waals surface area contributed by atoms with E-state index in [1.165, 1.54) is 0 Å². The molecule has 1 aliphatic rings. The van der Waals surface area contributed by atoms with Gasteiger partial charge in [-0.15, -0.1) is 0 Å². The van der Waals surface area contributed by atoms with Crippen LogP contribution in [0.25, 0.3) is 16.9 Å². The van der Waals surface area contributed by atoms with Crippen LogP contribution in [0.15, 0.2) is 36.5 Å². The number of piperazine rings is 1. The Kier molecular flexibility index (Phi) is 5.10. The molecule has 1 fully saturated rings. The van der Waals surface area contributed by atoms with Gasteiger partial charge in [0.25, 0.3) is 5.91 Å². The molecule has 152 valence electrons. The van der Waals surface area contributed by atoms with Gasteiger partial charge in [-0.3, -0.25) is 4.79 Å². The van der Waals surface area contributed by atoms with Gasteiger partial charge in [0.05, 0.1) is 19.9 Å². The monoisotopic (exact) mass is 395 g/mol. The molecule has 0 aliphatic carbocycles. The topological polar surface area (TPSA) is 81.0 Å². The molecule has 8 heteroatoms. The summed E-state index contributed by atoms with van der Waals surface area (Å²) in [6, 6.07) is 9.77. The summed E-state index contributed by atoms with van der Waals surface area (Å²) in [6.45, 7) is 5.48. The Morgan fingerprint density at radius 3 is 2.48 bits per heavy atom. The SMILES string of the molecule is COc1ccc(-c2ccnc3cc(C(=O)N4CC(C)NC(C)C4)nn23)cc1OC. The summed E-state index contributed by atoms with van der Waals surface area (Å²) in [7, 11) is 3.20. The van der Waals surface area contributed by atoms with Crippen molar-refractivity contribution in [3.8, 4) is 22.8 Å². The van der Waals surface area contributed by atoms with E-state index in [0.717, 1.165) is 11.3 Å². The van der Waals surface area contributed by atoms with Crippen LogP contribution in [0.2, 0.25) is 0 Å². The molecular weight excluding hydrogens is 370 g/mol. The summed E-state index contributed by atoms with van der Waals surface area (Å²) in [5, 5.41) is 8.02. The number of fused-ring (bicyclic) bond motifs is 1. The van der Waals surface area contributed by atoms with Gasteiger partial charge in [0.1, 0.15) is 0 Å². The molecule has 8 nitrogen and oxygen atoms in total. The van der Waals surface area contributed by atoms with Crippen molar-refractivity contribution in [2.75, 3.05) is 27.3 Å². The highest BCUT2D eigenvalue weighted by Crippen LogP contribution is 2.32. The summed E-state index contributed by atoms with van der Waals surface area (Å²) in [5.41, 5.74) is 2.72. The Labute approximate surface area is 169 Å². The summed E-state index contributed by atoms with van der Waals surface area (Å²) in [5.74, 6) is 1.20. The second-order valence-electron chi connectivity index (χ2n) is 7.38. The average molecular weight is 395 g/mol. The molecule has 1 saturated heterocycles. The maximum Gasteiger partial charge on any atom is 0.274 e. The van der Waals surface area contributed by atoms with Crippen LogP contribution in [0.4, 0.5) is 0 Å². The molecule has 0 bridgehead atoms. The minimum absolute atomic E-state index is 0.0750. The first-order valence-electron chi connectivity index (χ1n) is 9.62. The lowest BCUT2D eigenvalue weighted by atomic mass is 10.1. The zero-order chi connectivity index (χ0) is 20.5. The van der Waals surface area contributed by atoms with Crippen LogP contribution in [0.3, 0.4) is 0 Å². The lowest BCUT2D eigenvalue weighted by molar-refractivity contribution is 0.0667. The van der Waals surface area contributed by atoms with Crippen molar-refractivity contribution in [1.29, 1.82) is 0 Å². The normalized spacial score (nSPS) is 19.4. The van der Waals surface area contributed by atoms with Crippen LogP contribution >= 0.6 is 0 Å². The number of hydrogen-bond acceptors (Lipinski definition) is 6. The van der Waals surface area contributed by atoms with Gasteiger partial charge in [-0.25, -0.2) is 9.50 Å². The van der Waals surface area contributed by atoms with Gasteiger partial charge in [0.2, 0.25) is 0 Å². The fraction of sp³-hybridized carbons (Fsp3) is 0.381. The standard InChI is InChI=1S/C21H25N5O3/c1-13-11-25(12-14(2)23-13)21(27)16-10-20-22-8-7-17(26(20)24-16)15-5-6-18(28-3)19(9-15)29-4/h5-10,13-14,23H,11-12H2,1-4H3. The minimum atomic E-state index is -0.0750. The number of methoxy groups -OCH3 is 2. The summed E-state index contributed by atoms with van der Waals surface area (Å²) >= 11 is 0. The number of hydrogen-bond donors (Lipinski definition) is 1. The third kappa shape index (κ3) is 3.63. The highest BCUT2D eigenvalue weighted by molar-refractivity contribution is 5.93. The van der Waals surface area contributed by atoms with Crippen molar-refractivity contribution >= 4 is 11.6 Å². The van der Waals surface area contributed by atoms with E-state index in [2.05, 4.69) is 29.2 Å². The second-order valence-corrected chi connectivity index (χ2v) is 7.38. The number of nitrogens with zero attached hydrogens (tertiary/aromatic N) is 4. The summed E-state index contributed by atoms with van der Waals surface area (Å²) in [4.78, 5) is 19.3. The predicted octanol–water partition coefficient (Wildman–Crippen LogP) is 2.24. The Hall–Kier alpha value is -3.13. The van der Waals surface area contributed by atoms with Gasteiger partial charge >= 0.3 is 0 Å². The number of benzene rings is 1. The maximum absolute atomic E-state index is 13.1. The lowest BCUT2D eigenvalue weighted by Gasteiger charge is -2.35. The first-order chi connectivity index (χ1) is 14.0. The smallest absolute Gasteiger partial charge is 0.274 e. The Bertz CT molecular complexity index is 1040. The third-order valence-electron chi connectivity index (χ3n) is 5.10. The van der Waals surface area contributed by atoms with E-state index in [4.69, 9.17) is 9.47 Å². The maximum atomic E-state index is 13.1. The van der Waals surface area contributed by atoms with E-state index in [-0.39, 0.29) is 18.0 Å². The van der Waals surface area contributed by atoms with Gasteiger partial charge in [-0.05, 0) is 38.1 Å². The van der Waals surface area contributed by atoms with Gasteiger partial charge in [0, 0.05) is 43.0 Å². The Balaban J connectivity index is 1.72. The van der Waals surface area contributed by atoms with E-state index in [9.17, 15) is 4.79 Å². The van der Waals surface area contributed by atoms with E-state index in [0.29, 0.717) is 35.9 Å². The number of amides is 1. The molecule has 1 N–H and O–H groups in total. The van der Waals surface area contributed by atoms with E-state index >= 15 is 0 Å². The molecule has 29 heavy (non-hydrogen) atoms. The largest absolute Gasteiger partial charge is 0.493 e. The van der Waals surface area contributed by atoms with E-state index < -0.39 is 0 Å². The number of aromatic nitrogens is 3. The molecule has 1 aromatic carbocycles. The molecule has 2 unspecified atom stereocenters. The van der Waals surface area contributed by atoms with Crippen molar-refractivity contribution in [3.63, 3.8) is 0 Å². The molecule has 2 atom stereocenters. The first-order valence-corrected chi connectivity index (χ1v) is 9.62. The molecule has 1 amide bonds. The molecular formula is C21H25N5O3. The number of rotatable bonds is 4. The van der Waals surface area contributed by atoms with Crippen molar-refractivity contribution < 1.29 is 14.3 Å². The summed E-state index contributed by atoms with van der Waals surface area (Å²) < 4.78 is 12.4. The highest BCUT2D eigenvalue weighted by Gasteiger charge is 2.27. The molecule has 0 saturated carbocycles. The molecule has 4 rings (SSSR count). The van der Waals surface area contributed by atoms with Crippen molar-refractivity contribution in [3.05, 3.63) is 42.2 Å². The third-order valence-corrected chi connectivity index (χ3v) is 5.10. The molecule has 0 radical (unpaired) electrons.